The normalized spacial score (nSPS) is 11.2. The zero-order valence-electron chi connectivity index (χ0n) is 17.6. The fourth-order valence-corrected chi connectivity index (χ4v) is 6.45. The van der Waals surface area contributed by atoms with E-state index in [-0.39, 0.29) is 5.91 Å². The first-order valence-electron chi connectivity index (χ1n) is 11.2. The summed E-state index contributed by atoms with van der Waals surface area (Å²) in [6.07, 6.45) is 18.5. The number of carbonyl (C=O) groups is 1. The number of rotatable bonds is 19. The molecular formula is C22H46AsNO. The molecule has 0 bridgehead atoms. The minimum absolute atomic E-state index is 0.282. The van der Waals surface area contributed by atoms with Crippen LogP contribution in [0.4, 0.5) is 0 Å². The summed E-state index contributed by atoms with van der Waals surface area (Å²) in [7, 11) is 0. The van der Waals surface area contributed by atoms with Gasteiger partial charge in [0, 0.05) is 0 Å². The molecule has 0 saturated carbocycles. The van der Waals surface area contributed by atoms with Crippen LogP contribution in [0.5, 0.6) is 0 Å². The van der Waals surface area contributed by atoms with Crippen LogP contribution in [0.15, 0.2) is 0 Å². The Morgan fingerprint density at radius 2 is 1.12 bits per heavy atom. The van der Waals surface area contributed by atoms with Crippen LogP contribution in [0.25, 0.3) is 0 Å². The van der Waals surface area contributed by atoms with Gasteiger partial charge >= 0.3 is 118 Å². The number of hydrogen-bond acceptors (Lipinski definition) is 1. The van der Waals surface area contributed by atoms with Gasteiger partial charge in [0.15, 0.2) is 0 Å². The standard InChI is InChI=1S/C22H46AsNO/c1-4-7-8-9-10-11-12-13-14-15-16-17-18-19-22(25)24-21-20-23(5-2)6-3/h4-21H2,1-3H3,(H,24,25). The molecule has 0 aromatic rings. The van der Waals surface area contributed by atoms with Gasteiger partial charge in [0.1, 0.15) is 0 Å². The summed E-state index contributed by atoms with van der Waals surface area (Å²) in [6, 6.07) is 0. The summed E-state index contributed by atoms with van der Waals surface area (Å²) in [6.45, 7) is 7.82. The molecule has 0 rings (SSSR count). The number of hydrogen-bond donors (Lipinski definition) is 1. The van der Waals surface area contributed by atoms with Crippen molar-refractivity contribution in [2.45, 2.75) is 126 Å². The van der Waals surface area contributed by atoms with E-state index in [2.05, 4.69) is 26.1 Å². The fourth-order valence-electron chi connectivity index (χ4n) is 3.28. The fraction of sp³-hybridized carbons (Fsp3) is 0.955. The summed E-state index contributed by atoms with van der Waals surface area (Å²) in [5, 5.41) is 7.15. The molecule has 0 saturated heterocycles. The molecule has 1 N–H and O–H groups in total. The predicted octanol–water partition coefficient (Wildman–Crippen LogP) is 7.12. The topological polar surface area (TPSA) is 29.1 Å². The van der Waals surface area contributed by atoms with Crippen molar-refractivity contribution in [3.63, 3.8) is 0 Å². The van der Waals surface area contributed by atoms with Gasteiger partial charge in [0.05, 0.1) is 0 Å². The number of nitrogens with one attached hydrogen (secondary N) is 1. The predicted molar refractivity (Wildman–Crippen MR) is 115 cm³/mol. The summed E-state index contributed by atoms with van der Waals surface area (Å²) in [4.78, 5) is 11.8. The van der Waals surface area contributed by atoms with Gasteiger partial charge in [-0.15, -0.1) is 0 Å². The molecule has 2 nitrogen and oxygen atoms in total. The molecule has 0 aliphatic carbocycles. The van der Waals surface area contributed by atoms with Crippen molar-refractivity contribution in [2.24, 2.45) is 0 Å². The molecular weight excluding hydrogens is 369 g/mol. The zero-order chi connectivity index (χ0) is 18.6. The number of carbonyl (C=O) groups excluding carboxylic acids is 1. The van der Waals surface area contributed by atoms with Crippen LogP contribution in [-0.2, 0) is 4.79 Å². The van der Waals surface area contributed by atoms with Crippen molar-refractivity contribution in [3.8, 4) is 0 Å². The van der Waals surface area contributed by atoms with Gasteiger partial charge in [-0.3, -0.25) is 0 Å². The van der Waals surface area contributed by atoms with Crippen molar-refractivity contribution >= 4 is 20.6 Å². The summed E-state index contributed by atoms with van der Waals surface area (Å²) >= 11 is -0.594. The molecule has 0 aliphatic rings. The number of unbranched alkanes of at least 4 members (excludes halogenated alkanes) is 12. The molecule has 0 fully saturated rings. The van der Waals surface area contributed by atoms with Crippen LogP contribution >= 0.6 is 0 Å². The van der Waals surface area contributed by atoms with Crippen LogP contribution in [0.3, 0.4) is 0 Å². The van der Waals surface area contributed by atoms with Gasteiger partial charge in [-0.05, 0) is 0 Å². The van der Waals surface area contributed by atoms with Gasteiger partial charge in [-0.25, -0.2) is 0 Å². The van der Waals surface area contributed by atoms with E-state index < -0.39 is 14.7 Å². The molecule has 0 unspecified atom stereocenters. The quantitative estimate of drug-likeness (QED) is 0.177. The van der Waals surface area contributed by atoms with Crippen molar-refractivity contribution < 1.29 is 4.79 Å². The van der Waals surface area contributed by atoms with Gasteiger partial charge < -0.3 is 0 Å². The second-order valence-corrected chi connectivity index (χ2v) is 13.8. The van der Waals surface area contributed by atoms with Crippen LogP contribution in [-0.4, -0.2) is 27.1 Å². The van der Waals surface area contributed by atoms with Gasteiger partial charge in [-0.2, -0.15) is 0 Å². The molecule has 0 aromatic carbocycles. The maximum absolute atomic E-state index is 11.8. The van der Waals surface area contributed by atoms with E-state index >= 15 is 0 Å². The molecule has 0 atom stereocenters. The molecule has 1 amide bonds. The van der Waals surface area contributed by atoms with Crippen molar-refractivity contribution in [1.82, 2.24) is 5.32 Å². The Kier molecular flexibility index (Phi) is 20.4. The minimum atomic E-state index is -0.594. The van der Waals surface area contributed by atoms with Crippen LogP contribution in [0.1, 0.15) is 111 Å². The molecule has 0 spiro atoms. The third-order valence-electron chi connectivity index (χ3n) is 5.15. The SMILES string of the molecule is CCCCCCCCCCCCCCCC(=O)NCC[As](CC)CC. The second-order valence-electron chi connectivity index (χ2n) is 7.37. The van der Waals surface area contributed by atoms with Crippen LogP contribution < -0.4 is 5.32 Å². The van der Waals surface area contributed by atoms with Crippen molar-refractivity contribution in [3.05, 3.63) is 0 Å². The van der Waals surface area contributed by atoms with E-state index in [0.29, 0.717) is 0 Å². The molecule has 25 heavy (non-hydrogen) atoms. The summed E-state index contributed by atoms with van der Waals surface area (Å²) in [5.74, 6) is 0.282. The average molecular weight is 416 g/mol. The molecule has 150 valence electrons. The summed E-state index contributed by atoms with van der Waals surface area (Å²) in [5.41, 5.74) is 0. The molecule has 3 heteroatoms. The van der Waals surface area contributed by atoms with Crippen LogP contribution in [0, 0.1) is 0 Å². The van der Waals surface area contributed by atoms with Gasteiger partial charge in [0.2, 0.25) is 0 Å². The zero-order valence-corrected chi connectivity index (χ0v) is 19.5. The van der Waals surface area contributed by atoms with E-state index in [9.17, 15) is 4.79 Å². The third kappa shape index (κ3) is 18.6. The van der Waals surface area contributed by atoms with Crippen molar-refractivity contribution in [1.29, 1.82) is 0 Å². The Hall–Kier alpha value is 0.0284. The third-order valence-corrected chi connectivity index (χ3v) is 10.7. The molecule has 0 aliphatic heterocycles. The Labute approximate surface area is 163 Å². The molecule has 0 heterocycles. The van der Waals surface area contributed by atoms with Crippen LogP contribution in [0.2, 0.25) is 15.6 Å². The molecule has 0 radical (unpaired) electrons. The Morgan fingerprint density at radius 1 is 0.680 bits per heavy atom. The van der Waals surface area contributed by atoms with E-state index in [1.165, 1.54) is 92.7 Å². The maximum atomic E-state index is 11.8. The number of amides is 1. The average Bonchev–Trinajstić information content (AvgIpc) is 2.62. The van der Waals surface area contributed by atoms with E-state index in [4.69, 9.17) is 0 Å². The van der Waals surface area contributed by atoms with Gasteiger partial charge in [0.25, 0.3) is 0 Å². The van der Waals surface area contributed by atoms with E-state index in [1.54, 1.807) is 0 Å². The Bertz CT molecular complexity index is 279. The summed E-state index contributed by atoms with van der Waals surface area (Å²) < 4.78 is 0. The van der Waals surface area contributed by atoms with E-state index in [1.807, 2.05) is 0 Å². The first-order chi connectivity index (χ1) is 12.2. The first kappa shape index (κ1) is 25.0. The monoisotopic (exact) mass is 415 g/mol. The molecule has 0 aromatic heterocycles. The first-order valence-corrected chi connectivity index (χ1v) is 15.2. The Balaban J connectivity index is 3.21. The van der Waals surface area contributed by atoms with E-state index in [0.717, 1.165) is 19.4 Å². The van der Waals surface area contributed by atoms with Gasteiger partial charge in [-0.1, -0.05) is 45.4 Å². The Morgan fingerprint density at radius 3 is 1.56 bits per heavy atom. The van der Waals surface area contributed by atoms with Crippen molar-refractivity contribution in [2.75, 3.05) is 6.54 Å². The second kappa shape index (κ2) is 20.3.